The molecule has 0 spiro atoms. The number of amides is 1. The van der Waals surface area contributed by atoms with Gasteiger partial charge in [-0.05, 0) is 48.6 Å². The summed E-state index contributed by atoms with van der Waals surface area (Å²) in [7, 11) is -9.05. The zero-order valence-corrected chi connectivity index (χ0v) is 16.3. The number of unbranched alkanes of at least 4 members (excludes halogenated alkanes) is 1. The molecule has 0 unspecified atom stereocenters. The van der Waals surface area contributed by atoms with Gasteiger partial charge >= 0.3 is 29.6 Å². The first-order chi connectivity index (χ1) is 13.0. The Morgan fingerprint density at radius 3 is 2.24 bits per heavy atom. The van der Waals surface area contributed by atoms with Crippen molar-refractivity contribution in [2.45, 2.75) is 22.6 Å². The van der Waals surface area contributed by atoms with Gasteiger partial charge in [0.15, 0.2) is 0 Å². The van der Waals surface area contributed by atoms with Crippen LogP contribution in [-0.2, 0) is 25.0 Å². The SMILES string of the molecule is C=CC(=O)NCCCCOc1cc(S(=O)(=O)O)cc2cc(S(=O)(=O)O)ccc12.[NaH]. The molecule has 0 aliphatic heterocycles. The Bertz CT molecular complexity index is 1110. The third-order valence-electron chi connectivity index (χ3n) is 3.77. The van der Waals surface area contributed by atoms with Crippen molar-refractivity contribution in [3.8, 4) is 5.75 Å². The second-order valence-electron chi connectivity index (χ2n) is 5.81. The van der Waals surface area contributed by atoms with Crippen molar-refractivity contribution in [2.24, 2.45) is 0 Å². The van der Waals surface area contributed by atoms with Crippen LogP contribution in [0.3, 0.4) is 0 Å². The van der Waals surface area contributed by atoms with Gasteiger partial charge in [-0.1, -0.05) is 6.58 Å². The minimum atomic E-state index is -4.57. The summed E-state index contributed by atoms with van der Waals surface area (Å²) in [6.45, 7) is 3.94. The van der Waals surface area contributed by atoms with Crippen LogP contribution in [-0.4, -0.2) is 74.6 Å². The summed E-state index contributed by atoms with van der Waals surface area (Å²) in [6, 6.07) is 5.81. The Labute approximate surface area is 190 Å². The van der Waals surface area contributed by atoms with E-state index in [1.807, 2.05) is 0 Å². The Morgan fingerprint density at radius 1 is 1.03 bits per heavy atom. The van der Waals surface area contributed by atoms with E-state index in [0.717, 1.165) is 30.3 Å². The van der Waals surface area contributed by atoms with Gasteiger partial charge in [-0.2, -0.15) is 16.8 Å². The van der Waals surface area contributed by atoms with Gasteiger partial charge in [0.1, 0.15) is 5.75 Å². The summed E-state index contributed by atoms with van der Waals surface area (Å²) in [5.41, 5.74) is 0. The van der Waals surface area contributed by atoms with Gasteiger partial charge < -0.3 is 10.1 Å². The average molecular weight is 453 g/mol. The fourth-order valence-corrected chi connectivity index (χ4v) is 3.46. The molecule has 0 aliphatic rings. The van der Waals surface area contributed by atoms with Crippen molar-refractivity contribution >= 4 is 66.5 Å². The number of rotatable bonds is 9. The maximum absolute atomic E-state index is 11.5. The van der Waals surface area contributed by atoms with Crippen molar-refractivity contribution in [2.75, 3.05) is 13.2 Å². The van der Waals surface area contributed by atoms with E-state index in [-0.39, 0.29) is 53.2 Å². The van der Waals surface area contributed by atoms with Gasteiger partial charge in [0, 0.05) is 18.0 Å². The first kappa shape index (κ1) is 25.6. The molecular formula is C17H20NNaO8S2. The van der Waals surface area contributed by atoms with Crippen molar-refractivity contribution in [3.05, 3.63) is 43.0 Å². The monoisotopic (exact) mass is 453 g/mol. The summed E-state index contributed by atoms with van der Waals surface area (Å²) in [5, 5.41) is 3.16. The molecule has 0 saturated carbocycles. The molecule has 29 heavy (non-hydrogen) atoms. The number of ether oxygens (including phenoxy) is 1. The molecule has 154 valence electrons. The van der Waals surface area contributed by atoms with Crippen LogP contribution >= 0.6 is 0 Å². The van der Waals surface area contributed by atoms with Crippen LogP contribution in [0.15, 0.2) is 52.8 Å². The molecular weight excluding hydrogens is 433 g/mol. The van der Waals surface area contributed by atoms with E-state index in [9.17, 15) is 26.2 Å². The van der Waals surface area contributed by atoms with E-state index in [1.165, 1.54) is 6.07 Å². The fourth-order valence-electron chi connectivity index (χ4n) is 2.41. The molecule has 3 N–H and O–H groups in total. The quantitative estimate of drug-likeness (QED) is 0.222. The van der Waals surface area contributed by atoms with Gasteiger partial charge in [0.05, 0.1) is 16.4 Å². The van der Waals surface area contributed by atoms with Crippen molar-refractivity contribution < 1.29 is 35.5 Å². The molecule has 1 amide bonds. The van der Waals surface area contributed by atoms with Crippen molar-refractivity contribution in [3.63, 3.8) is 0 Å². The predicted molar refractivity (Wildman–Crippen MR) is 109 cm³/mol. The number of benzene rings is 2. The summed E-state index contributed by atoms with van der Waals surface area (Å²) in [5.74, 6) is -0.162. The third-order valence-corrected chi connectivity index (χ3v) is 5.45. The standard InChI is InChI=1S/C17H19NO8S2.Na.H/c1-2-17(19)18-7-3-4-8-26-16-11-14(28(23,24)25)10-12-9-13(27(20,21)22)5-6-15(12)16;;/h2,5-6,9-11H,1,3-4,7-8H2,(H,18,19)(H,20,21,22)(H,23,24,25);;. The third kappa shape index (κ3) is 7.37. The molecule has 0 aromatic heterocycles. The Hall–Kier alpha value is -1.47. The van der Waals surface area contributed by atoms with Crippen molar-refractivity contribution in [1.82, 2.24) is 5.32 Å². The number of carbonyl (C=O) groups is 1. The Balaban J connectivity index is 0.00000420. The van der Waals surface area contributed by atoms with E-state index in [1.54, 1.807) is 0 Å². The summed E-state index contributed by atoms with van der Waals surface area (Å²) in [6.07, 6.45) is 2.30. The molecule has 12 heteroatoms. The fraction of sp³-hybridized carbons (Fsp3) is 0.235. The topological polar surface area (TPSA) is 147 Å². The molecule has 2 rings (SSSR count). The number of hydrogen-bond acceptors (Lipinski definition) is 6. The van der Waals surface area contributed by atoms with E-state index < -0.39 is 30.0 Å². The van der Waals surface area contributed by atoms with Crippen LogP contribution < -0.4 is 10.1 Å². The summed E-state index contributed by atoms with van der Waals surface area (Å²) >= 11 is 0. The predicted octanol–water partition coefficient (Wildman–Crippen LogP) is 1.15. The summed E-state index contributed by atoms with van der Waals surface area (Å²) < 4.78 is 69.7. The molecule has 0 bridgehead atoms. The first-order valence-corrected chi connectivity index (χ1v) is 11.0. The Kier molecular flexibility index (Phi) is 9.28. The molecule has 0 aliphatic carbocycles. The van der Waals surface area contributed by atoms with Crippen molar-refractivity contribution in [1.29, 1.82) is 0 Å². The van der Waals surface area contributed by atoms with Gasteiger partial charge in [0.25, 0.3) is 20.2 Å². The van der Waals surface area contributed by atoms with Crippen LogP contribution in [0.2, 0.25) is 0 Å². The van der Waals surface area contributed by atoms with Gasteiger partial charge in [0.2, 0.25) is 5.91 Å². The molecule has 2 aromatic rings. The molecule has 0 atom stereocenters. The molecule has 0 heterocycles. The number of hydrogen-bond donors (Lipinski definition) is 3. The number of nitrogens with one attached hydrogen (secondary N) is 1. The van der Waals surface area contributed by atoms with E-state index in [2.05, 4.69) is 11.9 Å². The zero-order valence-electron chi connectivity index (χ0n) is 14.7. The van der Waals surface area contributed by atoms with Crippen LogP contribution in [0.4, 0.5) is 0 Å². The Morgan fingerprint density at radius 2 is 1.66 bits per heavy atom. The van der Waals surface area contributed by atoms with E-state index >= 15 is 0 Å². The van der Waals surface area contributed by atoms with E-state index in [4.69, 9.17) is 9.29 Å². The average Bonchev–Trinajstić information content (AvgIpc) is 2.61. The van der Waals surface area contributed by atoms with Crippen LogP contribution in [0, 0.1) is 0 Å². The molecule has 9 nitrogen and oxygen atoms in total. The van der Waals surface area contributed by atoms with Gasteiger partial charge in [-0.15, -0.1) is 0 Å². The molecule has 0 fully saturated rings. The summed E-state index contributed by atoms with van der Waals surface area (Å²) in [4.78, 5) is 10.1. The minimum absolute atomic E-state index is 0. The normalized spacial score (nSPS) is 11.5. The van der Waals surface area contributed by atoms with Gasteiger partial charge in [-0.25, -0.2) is 0 Å². The molecule has 0 radical (unpaired) electrons. The molecule has 0 saturated heterocycles. The number of fused-ring (bicyclic) bond motifs is 1. The van der Waals surface area contributed by atoms with E-state index in [0.29, 0.717) is 24.8 Å². The van der Waals surface area contributed by atoms with Gasteiger partial charge in [-0.3, -0.25) is 13.9 Å². The number of carbonyl (C=O) groups excluding carboxylic acids is 1. The zero-order chi connectivity index (χ0) is 20.9. The second kappa shape index (κ2) is 10.5. The van der Waals surface area contributed by atoms with Crippen LogP contribution in [0.25, 0.3) is 10.8 Å². The van der Waals surface area contributed by atoms with Crippen LogP contribution in [0.1, 0.15) is 12.8 Å². The maximum atomic E-state index is 11.5. The first-order valence-electron chi connectivity index (χ1n) is 8.08. The van der Waals surface area contributed by atoms with Crippen LogP contribution in [0.5, 0.6) is 5.75 Å². The second-order valence-corrected chi connectivity index (χ2v) is 8.65. The molecule has 2 aromatic carbocycles.